The summed E-state index contributed by atoms with van der Waals surface area (Å²) in [4.78, 5) is 2.16. The lowest BCUT2D eigenvalue weighted by atomic mass is 10.1. The highest BCUT2D eigenvalue weighted by atomic mass is 15.1. The van der Waals surface area contributed by atoms with Crippen LogP contribution in [0.4, 0.5) is 0 Å². The molecule has 74 valence electrons. The van der Waals surface area contributed by atoms with Crippen molar-refractivity contribution in [2.24, 2.45) is 17.6 Å². The molecule has 1 aliphatic rings. The van der Waals surface area contributed by atoms with Gasteiger partial charge in [0.25, 0.3) is 0 Å². The lowest BCUT2D eigenvalue weighted by molar-refractivity contribution is 0.275. The van der Waals surface area contributed by atoms with Gasteiger partial charge in [0.2, 0.25) is 0 Å². The second-order valence-electron chi connectivity index (χ2n) is 4.70. The molecule has 1 aliphatic carbocycles. The Hall–Kier alpha value is -0.590. The summed E-state index contributed by atoms with van der Waals surface area (Å²) in [6, 6.07) is 2.11. The Labute approximate surface area is 80.5 Å². The molecule has 0 aromatic rings. The predicted molar refractivity (Wildman–Crippen MR) is 53.0 cm³/mol. The van der Waals surface area contributed by atoms with Gasteiger partial charge in [-0.15, -0.1) is 0 Å². The van der Waals surface area contributed by atoms with Crippen LogP contribution in [-0.4, -0.2) is 30.6 Å². The van der Waals surface area contributed by atoms with Crippen molar-refractivity contribution in [3.05, 3.63) is 0 Å². The van der Waals surface area contributed by atoms with Crippen molar-refractivity contribution in [1.29, 1.82) is 5.26 Å². The van der Waals surface area contributed by atoms with E-state index in [4.69, 9.17) is 11.0 Å². The highest BCUT2D eigenvalue weighted by molar-refractivity contribution is 5.03. The van der Waals surface area contributed by atoms with Crippen molar-refractivity contribution < 1.29 is 0 Å². The van der Waals surface area contributed by atoms with E-state index in [-0.39, 0.29) is 0 Å². The van der Waals surface area contributed by atoms with E-state index in [1.54, 1.807) is 6.92 Å². The smallest absolute Gasteiger partial charge is 0.114 e. The van der Waals surface area contributed by atoms with Gasteiger partial charge in [-0.05, 0) is 32.2 Å². The van der Waals surface area contributed by atoms with Crippen molar-refractivity contribution in [2.45, 2.75) is 25.8 Å². The number of hydrogen-bond acceptors (Lipinski definition) is 3. The molecule has 0 aliphatic heterocycles. The number of nitriles is 1. The highest BCUT2D eigenvalue weighted by Crippen LogP contribution is 2.37. The Bertz CT molecular complexity index is 217. The second kappa shape index (κ2) is 3.65. The van der Waals surface area contributed by atoms with Crippen molar-refractivity contribution in [1.82, 2.24) is 4.90 Å². The summed E-state index contributed by atoms with van der Waals surface area (Å²) in [5.41, 5.74) is 5.04. The number of nitrogens with two attached hydrogens (primary N) is 1. The van der Waals surface area contributed by atoms with Crippen LogP contribution < -0.4 is 5.73 Å². The van der Waals surface area contributed by atoms with Gasteiger partial charge in [-0.3, -0.25) is 0 Å². The Morgan fingerprint density at radius 3 is 2.62 bits per heavy atom. The van der Waals surface area contributed by atoms with Crippen LogP contribution >= 0.6 is 0 Å². The minimum absolute atomic E-state index is 0.659. The molecule has 1 rings (SSSR count). The van der Waals surface area contributed by atoms with E-state index >= 15 is 0 Å². The molecule has 0 heterocycles. The zero-order chi connectivity index (χ0) is 10.1. The summed E-state index contributed by atoms with van der Waals surface area (Å²) >= 11 is 0. The molecule has 1 fully saturated rings. The van der Waals surface area contributed by atoms with Gasteiger partial charge in [0.1, 0.15) is 5.54 Å². The van der Waals surface area contributed by atoms with E-state index in [9.17, 15) is 0 Å². The fourth-order valence-electron chi connectivity index (χ4n) is 1.71. The van der Waals surface area contributed by atoms with Gasteiger partial charge in [-0.1, -0.05) is 6.92 Å². The van der Waals surface area contributed by atoms with Crippen LogP contribution in [0.15, 0.2) is 0 Å². The molecular weight excluding hydrogens is 162 g/mol. The van der Waals surface area contributed by atoms with Crippen molar-refractivity contribution in [3.63, 3.8) is 0 Å². The largest absolute Gasteiger partial charge is 0.313 e. The number of hydrogen-bond donors (Lipinski definition) is 1. The molecule has 3 heteroatoms. The molecule has 0 radical (unpaired) electrons. The van der Waals surface area contributed by atoms with E-state index in [1.807, 2.05) is 7.05 Å². The second-order valence-corrected chi connectivity index (χ2v) is 4.70. The molecule has 0 aromatic heterocycles. The zero-order valence-corrected chi connectivity index (χ0v) is 8.75. The van der Waals surface area contributed by atoms with Gasteiger partial charge in [0.15, 0.2) is 0 Å². The minimum Gasteiger partial charge on any atom is -0.313 e. The van der Waals surface area contributed by atoms with Crippen LogP contribution in [0, 0.1) is 23.2 Å². The van der Waals surface area contributed by atoms with Crippen LogP contribution in [0.2, 0.25) is 0 Å². The number of nitrogens with zero attached hydrogens (tertiary/aromatic N) is 2. The molecule has 0 saturated heterocycles. The molecule has 0 bridgehead atoms. The van der Waals surface area contributed by atoms with Crippen LogP contribution in [0.1, 0.15) is 20.3 Å². The van der Waals surface area contributed by atoms with Crippen LogP contribution in [0.3, 0.4) is 0 Å². The first-order valence-corrected chi connectivity index (χ1v) is 4.83. The van der Waals surface area contributed by atoms with Crippen molar-refractivity contribution >= 4 is 0 Å². The van der Waals surface area contributed by atoms with E-state index in [0.29, 0.717) is 6.54 Å². The summed E-state index contributed by atoms with van der Waals surface area (Å²) in [7, 11) is 2.04. The van der Waals surface area contributed by atoms with Crippen molar-refractivity contribution in [3.8, 4) is 6.07 Å². The molecule has 0 aromatic carbocycles. The third kappa shape index (κ3) is 3.33. The Balaban J connectivity index is 2.25. The first-order chi connectivity index (χ1) is 5.94. The molecule has 0 spiro atoms. The van der Waals surface area contributed by atoms with Gasteiger partial charge in [-0.2, -0.15) is 5.26 Å². The molecule has 3 atom stereocenters. The summed E-state index contributed by atoms with van der Waals surface area (Å²) in [6.07, 6.45) is 1.33. The Morgan fingerprint density at radius 2 is 2.23 bits per heavy atom. The monoisotopic (exact) mass is 181 g/mol. The summed E-state index contributed by atoms with van der Waals surface area (Å²) < 4.78 is 0. The molecule has 1 saturated carbocycles. The zero-order valence-electron chi connectivity index (χ0n) is 8.75. The maximum absolute atomic E-state index is 8.74. The Kier molecular flexibility index (Phi) is 2.94. The Morgan fingerprint density at radius 1 is 1.69 bits per heavy atom. The van der Waals surface area contributed by atoms with Gasteiger partial charge in [0, 0.05) is 13.1 Å². The fraction of sp³-hybridized carbons (Fsp3) is 0.900. The fourth-order valence-corrected chi connectivity index (χ4v) is 1.71. The van der Waals surface area contributed by atoms with E-state index < -0.39 is 5.54 Å². The number of likely N-dealkylation sites (N-methyl/N-ethyl adjacent to an activating group) is 1. The van der Waals surface area contributed by atoms with Crippen LogP contribution in [-0.2, 0) is 0 Å². The van der Waals surface area contributed by atoms with Crippen LogP contribution in [0.25, 0.3) is 0 Å². The quantitative estimate of drug-likeness (QED) is 0.698. The predicted octanol–water partition coefficient (Wildman–Crippen LogP) is 0.815. The first kappa shape index (κ1) is 10.5. The normalized spacial score (nSPS) is 31.1. The first-order valence-electron chi connectivity index (χ1n) is 4.83. The van der Waals surface area contributed by atoms with E-state index in [0.717, 1.165) is 18.4 Å². The lowest BCUT2D eigenvalue weighted by Gasteiger charge is -2.24. The van der Waals surface area contributed by atoms with Gasteiger partial charge in [-0.25, -0.2) is 0 Å². The SMILES string of the molecule is CC1CC1CN(C)CC(C)(N)C#N. The maximum atomic E-state index is 8.74. The molecule has 13 heavy (non-hydrogen) atoms. The summed E-state index contributed by atoms with van der Waals surface area (Å²) in [5.74, 6) is 1.70. The lowest BCUT2D eigenvalue weighted by Crippen LogP contribution is -2.45. The molecule has 3 nitrogen and oxygen atoms in total. The van der Waals surface area contributed by atoms with Gasteiger partial charge in [0.05, 0.1) is 6.07 Å². The van der Waals surface area contributed by atoms with Gasteiger partial charge >= 0.3 is 0 Å². The third-order valence-electron chi connectivity index (χ3n) is 2.68. The summed E-state index contributed by atoms with van der Waals surface area (Å²) in [5, 5.41) is 8.74. The van der Waals surface area contributed by atoms with E-state index in [1.165, 1.54) is 6.42 Å². The average Bonchev–Trinajstić information content (AvgIpc) is 2.65. The van der Waals surface area contributed by atoms with Gasteiger partial charge < -0.3 is 10.6 Å². The molecule has 3 unspecified atom stereocenters. The standard InChI is InChI=1S/C10H19N3/c1-8-4-9(8)5-13(3)7-10(2,12)6-11/h8-9H,4-5,7,12H2,1-3H3. The average molecular weight is 181 g/mol. The molecular formula is C10H19N3. The number of rotatable bonds is 4. The topological polar surface area (TPSA) is 53.0 Å². The van der Waals surface area contributed by atoms with Crippen LogP contribution in [0.5, 0.6) is 0 Å². The van der Waals surface area contributed by atoms with E-state index in [2.05, 4.69) is 17.9 Å². The highest BCUT2D eigenvalue weighted by Gasteiger charge is 2.34. The molecule has 2 N–H and O–H groups in total. The summed E-state index contributed by atoms with van der Waals surface area (Å²) in [6.45, 7) is 5.78. The third-order valence-corrected chi connectivity index (χ3v) is 2.68. The van der Waals surface area contributed by atoms with Crippen molar-refractivity contribution in [2.75, 3.05) is 20.1 Å². The minimum atomic E-state index is -0.702. The molecule has 0 amide bonds. The maximum Gasteiger partial charge on any atom is 0.114 e.